The van der Waals surface area contributed by atoms with E-state index < -0.39 is 0 Å². The first kappa shape index (κ1) is 16.6. The number of nitrogens with zero attached hydrogens (tertiary/aromatic N) is 2. The van der Waals surface area contributed by atoms with Crippen LogP contribution < -0.4 is 5.73 Å². The number of ether oxygens (including phenoxy) is 1. The molecule has 0 amide bonds. The minimum absolute atomic E-state index is 0.262. The van der Waals surface area contributed by atoms with Crippen molar-refractivity contribution < 1.29 is 9.53 Å². The molecule has 0 bridgehead atoms. The van der Waals surface area contributed by atoms with Crippen molar-refractivity contribution in [2.75, 3.05) is 12.3 Å². The van der Waals surface area contributed by atoms with Gasteiger partial charge in [0.05, 0.1) is 29.7 Å². The lowest BCUT2D eigenvalue weighted by atomic mass is 10.1. The van der Waals surface area contributed by atoms with Crippen LogP contribution >= 0.6 is 0 Å². The van der Waals surface area contributed by atoms with Gasteiger partial charge in [-0.25, -0.2) is 9.48 Å². The third-order valence-corrected chi connectivity index (χ3v) is 3.23. The van der Waals surface area contributed by atoms with Gasteiger partial charge in [-0.2, -0.15) is 5.10 Å². The molecular formula is C18H21N3O2. The van der Waals surface area contributed by atoms with Crippen molar-refractivity contribution in [2.45, 2.75) is 27.7 Å². The second kappa shape index (κ2) is 7.01. The Balaban J connectivity index is 2.41. The molecule has 0 atom stereocenters. The lowest BCUT2D eigenvalue weighted by Crippen LogP contribution is -2.03. The van der Waals surface area contributed by atoms with Gasteiger partial charge < -0.3 is 10.5 Å². The highest BCUT2D eigenvalue weighted by Gasteiger charge is 2.11. The number of hydrogen-bond donors (Lipinski definition) is 1. The highest BCUT2D eigenvalue weighted by atomic mass is 16.5. The normalized spacial score (nSPS) is 10.3. The molecule has 0 aliphatic heterocycles. The number of carbonyl (C=O) groups is 1. The minimum atomic E-state index is -0.384. The van der Waals surface area contributed by atoms with Crippen molar-refractivity contribution in [1.29, 1.82) is 0 Å². The Labute approximate surface area is 136 Å². The lowest BCUT2D eigenvalue weighted by Gasteiger charge is -2.08. The molecule has 2 rings (SSSR count). The maximum atomic E-state index is 11.7. The first-order valence-corrected chi connectivity index (χ1v) is 7.56. The van der Waals surface area contributed by atoms with Gasteiger partial charge in [-0.15, -0.1) is 0 Å². The van der Waals surface area contributed by atoms with E-state index in [2.05, 4.69) is 16.9 Å². The van der Waals surface area contributed by atoms with E-state index in [1.165, 1.54) is 6.20 Å². The molecule has 1 heterocycles. The van der Waals surface area contributed by atoms with Crippen LogP contribution in [0, 0.1) is 24.7 Å². The average Bonchev–Trinajstić information content (AvgIpc) is 2.98. The van der Waals surface area contributed by atoms with Crippen molar-refractivity contribution in [1.82, 2.24) is 9.78 Å². The van der Waals surface area contributed by atoms with E-state index in [-0.39, 0.29) is 11.9 Å². The summed E-state index contributed by atoms with van der Waals surface area (Å²) < 4.78 is 6.60. The molecule has 120 valence electrons. The first-order chi connectivity index (χ1) is 10.9. The van der Waals surface area contributed by atoms with Crippen molar-refractivity contribution in [3.63, 3.8) is 0 Å². The molecule has 23 heavy (non-hydrogen) atoms. The molecule has 0 aliphatic carbocycles. The highest BCUT2D eigenvalue weighted by Crippen LogP contribution is 2.21. The van der Waals surface area contributed by atoms with Gasteiger partial charge >= 0.3 is 5.97 Å². The molecule has 5 nitrogen and oxygen atoms in total. The Hall–Kier alpha value is -2.74. The van der Waals surface area contributed by atoms with Gasteiger partial charge in [-0.3, -0.25) is 0 Å². The molecule has 5 heteroatoms. The number of aryl methyl sites for hydroxylation is 1. The largest absolute Gasteiger partial charge is 0.462 e. The number of benzene rings is 1. The molecule has 0 aliphatic rings. The third kappa shape index (κ3) is 3.92. The predicted molar refractivity (Wildman–Crippen MR) is 90.4 cm³/mol. The number of anilines is 1. The molecule has 0 fully saturated rings. The molecule has 2 aromatic rings. The molecular weight excluding hydrogens is 290 g/mol. The summed E-state index contributed by atoms with van der Waals surface area (Å²) >= 11 is 0. The van der Waals surface area contributed by atoms with Gasteiger partial charge in [0.15, 0.2) is 0 Å². The quantitative estimate of drug-likeness (QED) is 0.537. The average molecular weight is 311 g/mol. The third-order valence-electron chi connectivity index (χ3n) is 3.23. The van der Waals surface area contributed by atoms with Crippen LogP contribution in [0.3, 0.4) is 0 Å². The zero-order valence-corrected chi connectivity index (χ0v) is 13.9. The molecule has 2 N–H and O–H groups in total. The van der Waals surface area contributed by atoms with Crippen LogP contribution in [-0.4, -0.2) is 22.4 Å². The van der Waals surface area contributed by atoms with Crippen LogP contribution in [-0.2, 0) is 4.74 Å². The number of carbonyl (C=O) groups excluding carboxylic acids is 1. The summed E-state index contributed by atoms with van der Waals surface area (Å²) in [5.41, 5.74) is 9.67. The zero-order valence-electron chi connectivity index (χ0n) is 13.9. The molecule has 0 unspecified atom stereocenters. The van der Waals surface area contributed by atoms with Crippen LogP contribution in [0.4, 0.5) is 5.69 Å². The first-order valence-electron chi connectivity index (χ1n) is 7.56. The van der Waals surface area contributed by atoms with E-state index in [1.54, 1.807) is 17.8 Å². The van der Waals surface area contributed by atoms with Crippen LogP contribution in [0.2, 0.25) is 0 Å². The Morgan fingerprint density at radius 1 is 1.43 bits per heavy atom. The number of nitrogen functional groups attached to an aromatic ring is 1. The standard InChI is InChI=1S/C18H21N3O2/c1-5-23-18(22)15-10-20-21(11-15)16-8-13(4)17(19)14(9-16)7-6-12(2)3/h8-12H,5,19H2,1-4H3. The number of aromatic nitrogens is 2. The van der Waals surface area contributed by atoms with Gasteiger partial charge in [0.2, 0.25) is 0 Å². The van der Waals surface area contributed by atoms with Gasteiger partial charge in [0.25, 0.3) is 0 Å². The van der Waals surface area contributed by atoms with E-state index in [9.17, 15) is 4.79 Å². The number of esters is 1. The maximum Gasteiger partial charge on any atom is 0.341 e. The lowest BCUT2D eigenvalue weighted by molar-refractivity contribution is 0.0526. The van der Waals surface area contributed by atoms with Crippen molar-refractivity contribution in [2.24, 2.45) is 5.92 Å². The smallest absolute Gasteiger partial charge is 0.341 e. The fourth-order valence-electron chi connectivity index (χ4n) is 2.02. The molecule has 0 spiro atoms. The second-order valence-corrected chi connectivity index (χ2v) is 5.54. The summed E-state index contributed by atoms with van der Waals surface area (Å²) in [6.07, 6.45) is 3.13. The molecule has 0 radical (unpaired) electrons. The Kier molecular flexibility index (Phi) is 5.07. The van der Waals surface area contributed by atoms with E-state index in [1.807, 2.05) is 32.9 Å². The molecule has 1 aromatic heterocycles. The predicted octanol–water partition coefficient (Wildman–Crippen LogP) is 2.95. The fourth-order valence-corrected chi connectivity index (χ4v) is 2.02. The molecule has 0 saturated heterocycles. The molecule has 1 aromatic carbocycles. The summed E-state index contributed by atoms with van der Waals surface area (Å²) in [7, 11) is 0. The Morgan fingerprint density at radius 2 is 2.17 bits per heavy atom. The van der Waals surface area contributed by atoms with Gasteiger partial charge in [-0.05, 0) is 31.5 Å². The number of rotatable bonds is 3. The van der Waals surface area contributed by atoms with Crippen LogP contribution in [0.1, 0.15) is 42.3 Å². The van der Waals surface area contributed by atoms with Crippen molar-refractivity contribution >= 4 is 11.7 Å². The SMILES string of the molecule is CCOC(=O)c1cnn(-c2cc(C)c(N)c(C#CC(C)C)c2)c1. The second-order valence-electron chi connectivity index (χ2n) is 5.54. The number of hydrogen-bond acceptors (Lipinski definition) is 4. The monoisotopic (exact) mass is 311 g/mol. The Morgan fingerprint density at radius 3 is 2.83 bits per heavy atom. The summed E-state index contributed by atoms with van der Waals surface area (Å²) in [6, 6.07) is 3.79. The maximum absolute atomic E-state index is 11.7. The fraction of sp³-hybridized carbons (Fsp3) is 0.333. The Bertz CT molecular complexity index is 779. The van der Waals surface area contributed by atoms with Gasteiger partial charge in [-0.1, -0.05) is 25.7 Å². The summed E-state index contributed by atoms with van der Waals surface area (Å²) in [5.74, 6) is 6.10. The zero-order chi connectivity index (χ0) is 17.0. The summed E-state index contributed by atoms with van der Waals surface area (Å²) in [4.78, 5) is 11.7. The van der Waals surface area contributed by atoms with Crippen LogP contribution in [0.25, 0.3) is 5.69 Å². The van der Waals surface area contributed by atoms with Gasteiger partial charge in [0.1, 0.15) is 0 Å². The van der Waals surface area contributed by atoms with Crippen molar-refractivity contribution in [3.8, 4) is 17.5 Å². The molecule has 0 saturated carbocycles. The van der Waals surface area contributed by atoms with E-state index in [0.29, 0.717) is 17.9 Å². The van der Waals surface area contributed by atoms with Gasteiger partial charge in [0, 0.05) is 17.7 Å². The summed E-state index contributed by atoms with van der Waals surface area (Å²) in [5, 5.41) is 4.22. The number of nitrogens with two attached hydrogens (primary N) is 1. The van der Waals surface area contributed by atoms with E-state index in [4.69, 9.17) is 10.5 Å². The van der Waals surface area contributed by atoms with Crippen LogP contribution in [0.15, 0.2) is 24.5 Å². The van der Waals surface area contributed by atoms with E-state index >= 15 is 0 Å². The van der Waals surface area contributed by atoms with Crippen molar-refractivity contribution in [3.05, 3.63) is 41.2 Å². The summed E-state index contributed by atoms with van der Waals surface area (Å²) in [6.45, 7) is 8.08. The van der Waals surface area contributed by atoms with Crippen LogP contribution in [0.5, 0.6) is 0 Å². The topological polar surface area (TPSA) is 70.1 Å². The highest BCUT2D eigenvalue weighted by molar-refractivity contribution is 5.88. The minimum Gasteiger partial charge on any atom is -0.462 e. The van der Waals surface area contributed by atoms with E-state index in [0.717, 1.165) is 16.8 Å².